The van der Waals surface area contributed by atoms with E-state index in [4.69, 9.17) is 16.7 Å². The predicted octanol–water partition coefficient (Wildman–Crippen LogP) is 2.53. The minimum atomic E-state index is -0.996. The summed E-state index contributed by atoms with van der Waals surface area (Å²) in [5, 5.41) is 12.0. The van der Waals surface area contributed by atoms with Crippen LogP contribution >= 0.6 is 11.6 Å². The van der Waals surface area contributed by atoms with Gasteiger partial charge in [-0.2, -0.15) is 0 Å². The number of rotatable bonds is 7. The fraction of sp³-hybridized carbons (Fsp3) is 0.400. The molecule has 0 saturated carbocycles. The van der Waals surface area contributed by atoms with E-state index in [1.54, 1.807) is 31.2 Å². The van der Waals surface area contributed by atoms with Gasteiger partial charge in [-0.05, 0) is 30.7 Å². The van der Waals surface area contributed by atoms with Crippen LogP contribution in [-0.2, 0) is 9.59 Å². The third-order valence-corrected chi connectivity index (χ3v) is 3.41. The van der Waals surface area contributed by atoms with E-state index in [-0.39, 0.29) is 18.6 Å². The lowest BCUT2D eigenvalue weighted by Gasteiger charge is -2.19. The van der Waals surface area contributed by atoms with E-state index in [0.29, 0.717) is 10.6 Å². The summed E-state index contributed by atoms with van der Waals surface area (Å²) < 4.78 is 0. The average molecular weight is 312 g/mol. The average Bonchev–Trinajstić information content (AvgIpc) is 2.45. The van der Waals surface area contributed by atoms with Gasteiger partial charge < -0.3 is 10.4 Å². The number of hydrogen-bond acceptors (Lipinski definition) is 3. The number of hydrogen-bond donors (Lipinski definition) is 2. The molecule has 1 rings (SSSR count). The number of carbonyl (C=O) groups is 3. The second-order valence-electron chi connectivity index (χ2n) is 4.83. The van der Waals surface area contributed by atoms with Gasteiger partial charge in [-0.1, -0.05) is 25.4 Å². The Morgan fingerprint density at radius 3 is 2.29 bits per heavy atom. The second kappa shape index (κ2) is 7.78. The molecule has 2 atom stereocenters. The van der Waals surface area contributed by atoms with E-state index in [2.05, 4.69) is 5.32 Å². The molecule has 5 nitrogen and oxygen atoms in total. The SMILES string of the molecule is CCC(=O)C(CC(C)C(=O)O)NC(=O)c1ccc(Cl)cc1. The summed E-state index contributed by atoms with van der Waals surface area (Å²) in [6, 6.07) is 5.45. The van der Waals surface area contributed by atoms with Crippen LogP contribution in [0, 0.1) is 5.92 Å². The van der Waals surface area contributed by atoms with Gasteiger partial charge in [0, 0.05) is 17.0 Å². The van der Waals surface area contributed by atoms with Crippen LogP contribution in [0.3, 0.4) is 0 Å². The molecule has 2 N–H and O–H groups in total. The van der Waals surface area contributed by atoms with E-state index < -0.39 is 23.8 Å². The molecule has 6 heteroatoms. The maximum absolute atomic E-state index is 12.1. The fourth-order valence-electron chi connectivity index (χ4n) is 1.81. The van der Waals surface area contributed by atoms with Gasteiger partial charge in [0.05, 0.1) is 12.0 Å². The highest BCUT2D eigenvalue weighted by atomic mass is 35.5. The number of amides is 1. The molecule has 0 spiro atoms. The highest BCUT2D eigenvalue weighted by Crippen LogP contribution is 2.12. The number of ketones is 1. The van der Waals surface area contributed by atoms with E-state index in [1.165, 1.54) is 6.92 Å². The Morgan fingerprint density at radius 1 is 1.24 bits per heavy atom. The monoisotopic (exact) mass is 311 g/mol. The lowest BCUT2D eigenvalue weighted by atomic mass is 9.97. The molecule has 0 bridgehead atoms. The maximum Gasteiger partial charge on any atom is 0.306 e. The van der Waals surface area contributed by atoms with Crippen molar-refractivity contribution >= 4 is 29.3 Å². The molecular formula is C15H18ClNO4. The van der Waals surface area contributed by atoms with Gasteiger partial charge in [-0.15, -0.1) is 0 Å². The van der Waals surface area contributed by atoms with Gasteiger partial charge in [-0.3, -0.25) is 14.4 Å². The van der Waals surface area contributed by atoms with E-state index in [1.807, 2.05) is 0 Å². The summed E-state index contributed by atoms with van der Waals surface area (Å²) in [6.07, 6.45) is 0.305. The minimum Gasteiger partial charge on any atom is -0.481 e. The Morgan fingerprint density at radius 2 is 1.81 bits per heavy atom. The number of aliphatic carboxylic acids is 1. The van der Waals surface area contributed by atoms with Crippen molar-refractivity contribution in [3.05, 3.63) is 34.9 Å². The van der Waals surface area contributed by atoms with Crippen LogP contribution < -0.4 is 5.32 Å². The van der Waals surface area contributed by atoms with Crippen molar-refractivity contribution in [1.29, 1.82) is 0 Å². The molecule has 0 aliphatic carbocycles. The molecule has 2 unspecified atom stereocenters. The number of nitrogens with one attached hydrogen (secondary N) is 1. The van der Waals surface area contributed by atoms with Crippen LogP contribution in [0.1, 0.15) is 37.0 Å². The normalized spacial score (nSPS) is 13.3. The molecule has 0 saturated heterocycles. The number of benzene rings is 1. The lowest BCUT2D eigenvalue weighted by Crippen LogP contribution is -2.42. The van der Waals surface area contributed by atoms with Crippen molar-refractivity contribution in [2.75, 3.05) is 0 Å². The zero-order valence-electron chi connectivity index (χ0n) is 11.9. The predicted molar refractivity (Wildman–Crippen MR) is 79.4 cm³/mol. The van der Waals surface area contributed by atoms with Crippen LogP contribution in [0.4, 0.5) is 0 Å². The Kier molecular flexibility index (Phi) is 6.37. The highest BCUT2D eigenvalue weighted by molar-refractivity contribution is 6.30. The van der Waals surface area contributed by atoms with E-state index in [0.717, 1.165) is 0 Å². The standard InChI is InChI=1S/C15H18ClNO4/c1-3-13(18)12(8-9(2)15(20)21)17-14(19)10-4-6-11(16)7-5-10/h4-7,9,12H,3,8H2,1-2H3,(H,17,19)(H,20,21). The molecular weight excluding hydrogens is 294 g/mol. The van der Waals surface area contributed by atoms with Gasteiger partial charge in [0.15, 0.2) is 5.78 Å². The zero-order valence-corrected chi connectivity index (χ0v) is 12.7. The summed E-state index contributed by atoms with van der Waals surface area (Å²) in [6.45, 7) is 3.18. The summed E-state index contributed by atoms with van der Waals surface area (Å²) in [5.41, 5.74) is 0.372. The summed E-state index contributed by atoms with van der Waals surface area (Å²) in [5.74, 6) is -2.32. The largest absolute Gasteiger partial charge is 0.481 e. The van der Waals surface area contributed by atoms with Crippen LogP contribution in [0.2, 0.25) is 5.02 Å². The quantitative estimate of drug-likeness (QED) is 0.810. The topological polar surface area (TPSA) is 83.5 Å². The number of carboxylic acids is 1. The summed E-state index contributed by atoms with van der Waals surface area (Å²) >= 11 is 5.75. The Labute approximate surface area is 128 Å². The van der Waals surface area contributed by atoms with Gasteiger partial charge in [0.1, 0.15) is 0 Å². The first kappa shape index (κ1) is 17.2. The maximum atomic E-state index is 12.1. The first-order chi connectivity index (χ1) is 9.85. The molecule has 114 valence electrons. The third-order valence-electron chi connectivity index (χ3n) is 3.16. The first-order valence-corrected chi connectivity index (χ1v) is 7.04. The number of carboxylic acid groups (broad SMARTS) is 1. The van der Waals surface area contributed by atoms with Crippen molar-refractivity contribution < 1.29 is 19.5 Å². The smallest absolute Gasteiger partial charge is 0.306 e. The van der Waals surface area contributed by atoms with Crippen molar-refractivity contribution in [2.45, 2.75) is 32.7 Å². The molecule has 0 aromatic heterocycles. The Bertz CT molecular complexity index is 527. The Balaban J connectivity index is 2.80. The number of Topliss-reactive ketones (excluding diaryl/α,β-unsaturated/α-hetero) is 1. The van der Waals surface area contributed by atoms with Crippen molar-refractivity contribution in [3.8, 4) is 0 Å². The fourth-order valence-corrected chi connectivity index (χ4v) is 1.94. The van der Waals surface area contributed by atoms with Crippen molar-refractivity contribution in [3.63, 3.8) is 0 Å². The van der Waals surface area contributed by atoms with Crippen LogP contribution in [0.25, 0.3) is 0 Å². The zero-order chi connectivity index (χ0) is 16.0. The molecule has 0 aliphatic heterocycles. The van der Waals surface area contributed by atoms with Gasteiger partial charge in [0.2, 0.25) is 0 Å². The molecule has 0 aliphatic rings. The van der Waals surface area contributed by atoms with Crippen LogP contribution in [0.5, 0.6) is 0 Å². The molecule has 1 aromatic rings. The molecule has 21 heavy (non-hydrogen) atoms. The molecule has 1 aromatic carbocycles. The highest BCUT2D eigenvalue weighted by Gasteiger charge is 2.25. The van der Waals surface area contributed by atoms with Gasteiger partial charge >= 0.3 is 5.97 Å². The lowest BCUT2D eigenvalue weighted by molar-refractivity contribution is -0.141. The number of halogens is 1. The van der Waals surface area contributed by atoms with Crippen molar-refractivity contribution in [2.24, 2.45) is 5.92 Å². The summed E-state index contributed by atoms with van der Waals surface area (Å²) in [4.78, 5) is 34.8. The molecule has 0 heterocycles. The third kappa shape index (κ3) is 5.19. The van der Waals surface area contributed by atoms with E-state index >= 15 is 0 Å². The van der Waals surface area contributed by atoms with Crippen LogP contribution in [0.15, 0.2) is 24.3 Å². The second-order valence-corrected chi connectivity index (χ2v) is 5.26. The van der Waals surface area contributed by atoms with E-state index in [9.17, 15) is 14.4 Å². The molecule has 0 fully saturated rings. The number of carbonyl (C=O) groups excluding carboxylic acids is 2. The summed E-state index contributed by atoms with van der Waals surface area (Å²) in [7, 11) is 0. The molecule has 1 amide bonds. The minimum absolute atomic E-state index is 0.0708. The Hall–Kier alpha value is -1.88. The van der Waals surface area contributed by atoms with Crippen LogP contribution in [-0.4, -0.2) is 28.8 Å². The molecule has 0 radical (unpaired) electrons. The van der Waals surface area contributed by atoms with Gasteiger partial charge in [-0.25, -0.2) is 0 Å². The first-order valence-electron chi connectivity index (χ1n) is 6.67. The van der Waals surface area contributed by atoms with Gasteiger partial charge in [0.25, 0.3) is 5.91 Å². The van der Waals surface area contributed by atoms with Crippen molar-refractivity contribution in [1.82, 2.24) is 5.32 Å².